The van der Waals surface area contributed by atoms with Gasteiger partial charge in [-0.25, -0.2) is 0 Å². The van der Waals surface area contributed by atoms with E-state index in [-0.39, 0.29) is 17.7 Å². The van der Waals surface area contributed by atoms with E-state index in [0.717, 1.165) is 25.8 Å². The van der Waals surface area contributed by atoms with Crippen molar-refractivity contribution in [2.24, 2.45) is 5.92 Å². The minimum Gasteiger partial charge on any atom is -0.354 e. The summed E-state index contributed by atoms with van der Waals surface area (Å²) in [5.41, 5.74) is -0.499. The molecule has 0 radical (unpaired) electrons. The number of likely N-dealkylation sites (tertiary alicyclic amines) is 1. The van der Waals surface area contributed by atoms with E-state index < -0.39 is 5.54 Å². The maximum Gasteiger partial charge on any atom is 0.246 e. The summed E-state index contributed by atoms with van der Waals surface area (Å²) in [4.78, 5) is 25.6. The van der Waals surface area contributed by atoms with E-state index in [1.54, 1.807) is 4.90 Å². The van der Waals surface area contributed by atoms with Gasteiger partial charge >= 0.3 is 0 Å². The van der Waals surface area contributed by atoms with Gasteiger partial charge in [0.05, 0.1) is 0 Å². The molecule has 1 N–H and O–H groups in total. The van der Waals surface area contributed by atoms with Crippen LogP contribution < -0.4 is 5.32 Å². The van der Waals surface area contributed by atoms with Crippen LogP contribution in [0.2, 0.25) is 0 Å². The minimum atomic E-state index is -0.499. The number of nitrogens with one attached hydrogen (secondary N) is 1. The third-order valence-electron chi connectivity index (χ3n) is 3.50. The highest BCUT2D eigenvalue weighted by Crippen LogP contribution is 2.36. The summed E-state index contributed by atoms with van der Waals surface area (Å²) in [6.07, 6.45) is 2.56. The van der Waals surface area contributed by atoms with Crippen LogP contribution in [0.1, 0.15) is 33.1 Å². The van der Waals surface area contributed by atoms with Crippen molar-refractivity contribution in [2.45, 2.75) is 38.6 Å². The van der Waals surface area contributed by atoms with Crippen molar-refractivity contribution >= 4 is 11.8 Å². The maximum absolute atomic E-state index is 12.0. The highest BCUT2D eigenvalue weighted by Gasteiger charge is 2.52. The van der Waals surface area contributed by atoms with Crippen molar-refractivity contribution in [3.05, 3.63) is 0 Å². The van der Waals surface area contributed by atoms with Gasteiger partial charge in [-0.1, -0.05) is 13.8 Å². The summed E-state index contributed by atoms with van der Waals surface area (Å²) < 4.78 is 0. The van der Waals surface area contributed by atoms with Crippen LogP contribution in [0.15, 0.2) is 0 Å². The van der Waals surface area contributed by atoms with E-state index in [4.69, 9.17) is 0 Å². The molecule has 0 aromatic carbocycles. The highest BCUT2D eigenvalue weighted by molar-refractivity contribution is 5.94. The van der Waals surface area contributed by atoms with E-state index >= 15 is 0 Å². The Hall–Kier alpha value is -1.06. The van der Waals surface area contributed by atoms with Crippen molar-refractivity contribution in [3.63, 3.8) is 0 Å². The van der Waals surface area contributed by atoms with Gasteiger partial charge in [-0.05, 0) is 19.3 Å². The molecule has 2 aliphatic rings. The van der Waals surface area contributed by atoms with Crippen LogP contribution in [-0.4, -0.2) is 35.3 Å². The van der Waals surface area contributed by atoms with Crippen LogP contribution in [0.4, 0.5) is 0 Å². The Morgan fingerprint density at radius 2 is 2.20 bits per heavy atom. The average molecular weight is 210 g/mol. The van der Waals surface area contributed by atoms with Gasteiger partial charge in [-0.3, -0.25) is 9.59 Å². The predicted octanol–water partition coefficient (Wildman–Crippen LogP) is 0.523. The number of nitrogens with zero attached hydrogens (tertiary/aromatic N) is 1. The number of rotatable bonds is 1. The fourth-order valence-electron chi connectivity index (χ4n) is 2.67. The first kappa shape index (κ1) is 10.5. The largest absolute Gasteiger partial charge is 0.354 e. The van der Waals surface area contributed by atoms with Gasteiger partial charge < -0.3 is 10.2 Å². The number of carbonyl (C=O) groups excluding carboxylic acids is 2. The Morgan fingerprint density at radius 1 is 1.47 bits per heavy atom. The molecule has 0 aliphatic carbocycles. The van der Waals surface area contributed by atoms with Crippen molar-refractivity contribution in [1.82, 2.24) is 10.2 Å². The molecule has 2 saturated heterocycles. The normalized spacial score (nSPS) is 30.3. The Bertz CT molecular complexity index is 297. The number of hydrogen-bond donors (Lipinski definition) is 1. The Morgan fingerprint density at radius 3 is 2.73 bits per heavy atom. The first-order chi connectivity index (χ1) is 7.08. The fourth-order valence-corrected chi connectivity index (χ4v) is 2.67. The van der Waals surface area contributed by atoms with Crippen LogP contribution in [0.3, 0.4) is 0 Å². The highest BCUT2D eigenvalue weighted by atomic mass is 16.2. The Kier molecular flexibility index (Phi) is 2.44. The lowest BCUT2D eigenvalue weighted by molar-refractivity contribution is -0.145. The molecule has 15 heavy (non-hydrogen) atoms. The van der Waals surface area contributed by atoms with Gasteiger partial charge in [0.1, 0.15) is 5.54 Å². The topological polar surface area (TPSA) is 49.4 Å². The standard InChI is InChI=1S/C11H18N2O2/c1-8(2)9(14)13-7-3-4-11(13)5-6-12-10(11)15/h8H,3-7H2,1-2H3,(H,12,15). The summed E-state index contributed by atoms with van der Waals surface area (Å²) in [5.74, 6) is 0.145. The summed E-state index contributed by atoms with van der Waals surface area (Å²) in [6.45, 7) is 5.23. The van der Waals surface area contributed by atoms with Crippen LogP contribution in [0, 0.1) is 5.92 Å². The maximum atomic E-state index is 12.0. The van der Waals surface area contributed by atoms with Gasteiger partial charge in [0.25, 0.3) is 0 Å². The average Bonchev–Trinajstić information content (AvgIpc) is 2.75. The third kappa shape index (κ3) is 1.43. The zero-order chi connectivity index (χ0) is 11.1. The molecule has 0 aromatic rings. The molecule has 2 amide bonds. The van der Waals surface area contributed by atoms with Crippen molar-refractivity contribution in [1.29, 1.82) is 0 Å². The molecule has 2 fully saturated rings. The zero-order valence-corrected chi connectivity index (χ0v) is 9.38. The lowest BCUT2D eigenvalue weighted by Crippen LogP contribution is -2.53. The molecule has 2 aliphatic heterocycles. The molecule has 2 rings (SSSR count). The molecule has 4 nitrogen and oxygen atoms in total. The molecule has 1 spiro atoms. The van der Waals surface area contributed by atoms with E-state index in [9.17, 15) is 9.59 Å². The van der Waals surface area contributed by atoms with Crippen molar-refractivity contribution in [2.75, 3.05) is 13.1 Å². The molecule has 0 bridgehead atoms. The monoisotopic (exact) mass is 210 g/mol. The molecular weight excluding hydrogens is 192 g/mol. The van der Waals surface area contributed by atoms with Gasteiger partial charge in [0, 0.05) is 19.0 Å². The fraction of sp³-hybridized carbons (Fsp3) is 0.818. The zero-order valence-electron chi connectivity index (χ0n) is 9.38. The van der Waals surface area contributed by atoms with Crippen molar-refractivity contribution < 1.29 is 9.59 Å². The predicted molar refractivity (Wildman–Crippen MR) is 56.1 cm³/mol. The lowest BCUT2D eigenvalue weighted by atomic mass is 9.93. The number of amides is 2. The number of hydrogen-bond acceptors (Lipinski definition) is 2. The molecule has 2 heterocycles. The van der Waals surface area contributed by atoms with Gasteiger partial charge in [-0.15, -0.1) is 0 Å². The summed E-state index contributed by atoms with van der Waals surface area (Å²) >= 11 is 0. The molecule has 0 saturated carbocycles. The van der Waals surface area contributed by atoms with Gasteiger partial charge in [-0.2, -0.15) is 0 Å². The van der Waals surface area contributed by atoms with Gasteiger partial charge in [0.2, 0.25) is 11.8 Å². The Balaban J connectivity index is 2.25. The first-order valence-corrected chi connectivity index (χ1v) is 5.68. The smallest absolute Gasteiger partial charge is 0.246 e. The molecular formula is C11H18N2O2. The van der Waals surface area contributed by atoms with E-state index in [0.29, 0.717) is 6.54 Å². The second kappa shape index (κ2) is 3.51. The SMILES string of the molecule is CC(C)C(=O)N1CCCC12CCNC2=O. The van der Waals surface area contributed by atoms with Crippen molar-refractivity contribution in [3.8, 4) is 0 Å². The molecule has 1 unspecified atom stereocenters. The second-order valence-corrected chi connectivity index (χ2v) is 4.79. The number of carbonyl (C=O) groups is 2. The first-order valence-electron chi connectivity index (χ1n) is 5.68. The van der Waals surface area contributed by atoms with E-state index in [1.807, 2.05) is 13.8 Å². The molecule has 0 aromatic heterocycles. The summed E-state index contributed by atoms with van der Waals surface area (Å²) in [5, 5.41) is 2.84. The minimum absolute atomic E-state index is 0.0200. The van der Waals surface area contributed by atoms with E-state index in [1.165, 1.54) is 0 Å². The summed E-state index contributed by atoms with van der Waals surface area (Å²) in [7, 11) is 0. The molecule has 84 valence electrons. The molecule has 1 atom stereocenters. The molecule has 4 heteroatoms. The third-order valence-corrected chi connectivity index (χ3v) is 3.50. The second-order valence-electron chi connectivity index (χ2n) is 4.79. The van der Waals surface area contributed by atoms with Gasteiger partial charge in [0.15, 0.2) is 0 Å². The Labute approximate surface area is 90.0 Å². The van der Waals surface area contributed by atoms with Crippen LogP contribution in [0.5, 0.6) is 0 Å². The van der Waals surface area contributed by atoms with Crippen LogP contribution in [0.25, 0.3) is 0 Å². The van der Waals surface area contributed by atoms with E-state index in [2.05, 4.69) is 5.32 Å². The quantitative estimate of drug-likeness (QED) is 0.686. The summed E-state index contributed by atoms with van der Waals surface area (Å²) in [6, 6.07) is 0. The van der Waals surface area contributed by atoms with Crippen LogP contribution >= 0.6 is 0 Å². The van der Waals surface area contributed by atoms with Crippen LogP contribution in [-0.2, 0) is 9.59 Å². The lowest BCUT2D eigenvalue weighted by Gasteiger charge is -2.33.